The van der Waals surface area contributed by atoms with Gasteiger partial charge in [-0.1, -0.05) is 42.5 Å². The molecular formula is C42H38O12. The maximum atomic E-state index is 14.3. The summed E-state index contributed by atoms with van der Waals surface area (Å²) in [6.07, 6.45) is 8.50. The first-order valence-electron chi connectivity index (χ1n) is 16.4. The van der Waals surface area contributed by atoms with Gasteiger partial charge in [0.15, 0.2) is 57.6 Å². The minimum absolute atomic E-state index is 0.0370. The van der Waals surface area contributed by atoms with Crippen molar-refractivity contribution in [3.8, 4) is 46.0 Å². The molecular weight excluding hydrogens is 696 g/mol. The predicted molar refractivity (Wildman–Crippen MR) is 201 cm³/mol. The van der Waals surface area contributed by atoms with E-state index in [1.165, 1.54) is 107 Å². The number of phenolic OH excluding ortho intramolecular Hbond substituents is 4. The molecule has 2 atom stereocenters. The van der Waals surface area contributed by atoms with Gasteiger partial charge in [-0.05, 0) is 89.0 Å². The fourth-order valence-electron chi connectivity index (χ4n) is 5.69. The number of ketones is 2. The van der Waals surface area contributed by atoms with Crippen LogP contribution in [-0.2, 0) is 14.3 Å². The van der Waals surface area contributed by atoms with E-state index in [0.29, 0.717) is 22.3 Å². The number of benzene rings is 4. The number of methoxy groups -OCH3 is 4. The zero-order valence-electron chi connectivity index (χ0n) is 29.7. The van der Waals surface area contributed by atoms with Crippen molar-refractivity contribution in [2.24, 2.45) is 5.92 Å². The molecule has 5 rings (SSSR count). The first kappa shape index (κ1) is 38.2. The molecule has 0 bridgehead atoms. The van der Waals surface area contributed by atoms with Crippen molar-refractivity contribution in [2.75, 3.05) is 28.4 Å². The number of hydrogen-bond acceptors (Lipinski definition) is 12. The number of rotatable bonds is 14. The Morgan fingerprint density at radius 3 is 1.54 bits per heavy atom. The summed E-state index contributed by atoms with van der Waals surface area (Å²) in [4.78, 5) is 28.5. The molecule has 1 aliphatic heterocycles. The standard InChI is InChI=1S/C42H38O12/c1-50-36-19-24(6-13-29(36)44)5-12-28(43)23-34(49)41-40(33(48)16-9-25-7-14-30(45)37(20-25)51-2)35(18-10-26-8-15-31(46)38(21-26)52-3)54-42(41)27-11-17-32(47)39(22-27)53-4/h5-23,41-47H,1-4H3. The maximum absolute atomic E-state index is 14.3. The summed E-state index contributed by atoms with van der Waals surface area (Å²) < 4.78 is 27.3. The van der Waals surface area contributed by atoms with Gasteiger partial charge in [0.1, 0.15) is 17.6 Å². The summed E-state index contributed by atoms with van der Waals surface area (Å²) in [6.45, 7) is 0. The Morgan fingerprint density at radius 1 is 0.593 bits per heavy atom. The second kappa shape index (κ2) is 17.0. The van der Waals surface area contributed by atoms with Crippen LogP contribution in [-0.4, -0.2) is 65.5 Å². The van der Waals surface area contributed by atoms with E-state index in [2.05, 4.69) is 0 Å². The summed E-state index contributed by atoms with van der Waals surface area (Å²) in [6, 6.07) is 18.1. The third-order valence-electron chi connectivity index (χ3n) is 8.44. The molecule has 4 aromatic carbocycles. The third kappa shape index (κ3) is 8.68. The highest BCUT2D eigenvalue weighted by atomic mass is 16.5. The molecule has 12 heteroatoms. The molecule has 5 N–H and O–H groups in total. The summed E-state index contributed by atoms with van der Waals surface area (Å²) in [5.41, 5.74) is 1.99. The van der Waals surface area contributed by atoms with Crippen molar-refractivity contribution in [2.45, 2.75) is 6.10 Å². The van der Waals surface area contributed by atoms with Crippen molar-refractivity contribution >= 4 is 29.8 Å². The molecule has 2 unspecified atom stereocenters. The number of allylic oxidation sites excluding steroid dienone is 4. The smallest absolute Gasteiger partial charge is 0.186 e. The fourth-order valence-corrected chi connectivity index (χ4v) is 5.69. The average molecular weight is 735 g/mol. The van der Waals surface area contributed by atoms with Crippen molar-refractivity contribution in [1.82, 2.24) is 0 Å². The van der Waals surface area contributed by atoms with E-state index in [9.17, 15) is 35.1 Å². The second-order valence-electron chi connectivity index (χ2n) is 11.9. The van der Waals surface area contributed by atoms with Gasteiger partial charge in [-0.3, -0.25) is 9.59 Å². The van der Waals surface area contributed by atoms with Crippen LogP contribution in [0.4, 0.5) is 0 Å². The van der Waals surface area contributed by atoms with E-state index >= 15 is 0 Å². The Balaban J connectivity index is 1.62. The van der Waals surface area contributed by atoms with Crippen molar-refractivity contribution in [3.63, 3.8) is 0 Å². The highest BCUT2D eigenvalue weighted by Gasteiger charge is 2.43. The number of phenols is 4. The third-order valence-corrected chi connectivity index (χ3v) is 8.44. The molecule has 0 amide bonds. The van der Waals surface area contributed by atoms with Crippen LogP contribution in [0, 0.1) is 5.92 Å². The molecule has 1 heterocycles. The quantitative estimate of drug-likeness (QED) is 0.0500. The number of ether oxygens (including phenoxy) is 5. The highest BCUT2D eigenvalue weighted by molar-refractivity contribution is 6.13. The maximum Gasteiger partial charge on any atom is 0.186 e. The van der Waals surface area contributed by atoms with Crippen LogP contribution in [0.5, 0.6) is 46.0 Å². The van der Waals surface area contributed by atoms with Gasteiger partial charge in [0.25, 0.3) is 0 Å². The number of aliphatic hydroxyl groups excluding tert-OH is 1. The van der Waals surface area contributed by atoms with E-state index in [-0.39, 0.29) is 57.3 Å². The van der Waals surface area contributed by atoms with E-state index in [1.807, 2.05) is 0 Å². The molecule has 0 saturated heterocycles. The van der Waals surface area contributed by atoms with Crippen molar-refractivity contribution in [1.29, 1.82) is 0 Å². The van der Waals surface area contributed by atoms with Gasteiger partial charge in [-0.15, -0.1) is 0 Å². The highest BCUT2D eigenvalue weighted by Crippen LogP contribution is 2.45. The molecule has 4 aromatic rings. The fraction of sp³-hybridized carbons (Fsp3) is 0.143. The SMILES string of the molecule is COc1cc(C=CC(=O)C2=C(C=Cc3ccc(O)c(OC)c3)OC(c3ccc(O)c(OC)c3)C2C(=O)C=C(O)C=Cc2ccc(O)c(OC)c2)ccc1O. The summed E-state index contributed by atoms with van der Waals surface area (Å²) >= 11 is 0. The Labute approximate surface area is 311 Å². The molecule has 0 fully saturated rings. The summed E-state index contributed by atoms with van der Waals surface area (Å²) in [5.74, 6) is -2.68. The molecule has 278 valence electrons. The second-order valence-corrected chi connectivity index (χ2v) is 11.9. The van der Waals surface area contributed by atoms with Crippen LogP contribution in [0.3, 0.4) is 0 Å². The monoisotopic (exact) mass is 734 g/mol. The van der Waals surface area contributed by atoms with Crippen LogP contribution in [0.1, 0.15) is 28.4 Å². The Kier molecular flexibility index (Phi) is 12.0. The number of carbonyl (C=O) groups excluding carboxylic acids is 2. The first-order valence-corrected chi connectivity index (χ1v) is 16.4. The largest absolute Gasteiger partial charge is 0.508 e. The van der Waals surface area contributed by atoms with Crippen LogP contribution in [0.15, 0.2) is 114 Å². The average Bonchev–Trinajstić information content (AvgIpc) is 3.56. The van der Waals surface area contributed by atoms with Crippen molar-refractivity contribution in [3.05, 3.63) is 136 Å². The van der Waals surface area contributed by atoms with Gasteiger partial charge < -0.3 is 49.2 Å². The van der Waals surface area contributed by atoms with Gasteiger partial charge in [0.05, 0.1) is 39.9 Å². The molecule has 0 radical (unpaired) electrons. The molecule has 0 aliphatic carbocycles. The zero-order chi connectivity index (χ0) is 38.9. The van der Waals surface area contributed by atoms with Gasteiger partial charge in [0.2, 0.25) is 0 Å². The normalized spacial score (nSPS) is 15.9. The number of carbonyl (C=O) groups is 2. The number of aliphatic hydroxyl groups is 1. The Morgan fingerprint density at radius 2 is 1.04 bits per heavy atom. The van der Waals surface area contributed by atoms with E-state index in [1.54, 1.807) is 30.3 Å². The Bertz CT molecular complexity index is 2210. The lowest BCUT2D eigenvalue weighted by Crippen LogP contribution is -2.23. The molecule has 12 nitrogen and oxygen atoms in total. The summed E-state index contributed by atoms with van der Waals surface area (Å²) in [5, 5.41) is 51.3. The van der Waals surface area contributed by atoms with Gasteiger partial charge in [-0.2, -0.15) is 0 Å². The van der Waals surface area contributed by atoms with Crippen LogP contribution < -0.4 is 18.9 Å². The van der Waals surface area contributed by atoms with Gasteiger partial charge >= 0.3 is 0 Å². The van der Waals surface area contributed by atoms with Crippen LogP contribution in [0.25, 0.3) is 18.2 Å². The van der Waals surface area contributed by atoms with E-state index < -0.39 is 29.3 Å². The minimum Gasteiger partial charge on any atom is -0.508 e. The lowest BCUT2D eigenvalue weighted by atomic mass is 9.84. The van der Waals surface area contributed by atoms with Crippen molar-refractivity contribution < 1.29 is 58.8 Å². The molecule has 1 aliphatic rings. The van der Waals surface area contributed by atoms with E-state index in [4.69, 9.17) is 23.7 Å². The first-order chi connectivity index (χ1) is 26.0. The molecule has 0 saturated carbocycles. The minimum atomic E-state index is -1.32. The zero-order valence-corrected chi connectivity index (χ0v) is 29.7. The molecule has 0 aromatic heterocycles. The lowest BCUT2D eigenvalue weighted by Gasteiger charge is -2.20. The Hall–Kier alpha value is -7.08. The van der Waals surface area contributed by atoms with Gasteiger partial charge in [0, 0.05) is 6.08 Å². The van der Waals surface area contributed by atoms with E-state index in [0.717, 1.165) is 6.08 Å². The summed E-state index contributed by atoms with van der Waals surface area (Å²) in [7, 11) is 5.57. The predicted octanol–water partition coefficient (Wildman–Crippen LogP) is 7.21. The number of aromatic hydroxyl groups is 4. The van der Waals surface area contributed by atoms with Crippen LogP contribution >= 0.6 is 0 Å². The van der Waals surface area contributed by atoms with Crippen LogP contribution in [0.2, 0.25) is 0 Å². The van der Waals surface area contributed by atoms with Gasteiger partial charge in [-0.25, -0.2) is 0 Å². The topological polar surface area (TPSA) is 181 Å². The number of hydrogen-bond donors (Lipinski definition) is 5. The molecule has 0 spiro atoms. The lowest BCUT2D eigenvalue weighted by molar-refractivity contribution is -0.121. The molecule has 54 heavy (non-hydrogen) atoms.